The summed E-state index contributed by atoms with van der Waals surface area (Å²) in [6.07, 6.45) is -0.193. The largest absolute Gasteiger partial charge is 0.497 e. The zero-order chi connectivity index (χ0) is 16.7. The molecule has 0 aliphatic carbocycles. The Balaban J connectivity index is 2.42. The second-order valence-electron chi connectivity index (χ2n) is 4.85. The molecule has 23 heavy (non-hydrogen) atoms. The van der Waals surface area contributed by atoms with Gasteiger partial charge in [0, 0.05) is 5.56 Å². The van der Waals surface area contributed by atoms with Crippen LogP contribution in [0.15, 0.2) is 48.5 Å². The number of amides is 1. The van der Waals surface area contributed by atoms with Gasteiger partial charge >= 0.3 is 0 Å². The highest BCUT2D eigenvalue weighted by molar-refractivity contribution is 5.79. The van der Waals surface area contributed by atoms with E-state index >= 15 is 0 Å². The van der Waals surface area contributed by atoms with Crippen molar-refractivity contribution in [1.82, 2.24) is 5.32 Å². The number of rotatable bonds is 6. The lowest BCUT2D eigenvalue weighted by Gasteiger charge is -2.21. The Bertz CT molecular complexity index is 705. The molecule has 1 N–H and O–H groups in total. The fourth-order valence-corrected chi connectivity index (χ4v) is 2.33. The minimum absolute atomic E-state index is 0.193. The third kappa shape index (κ3) is 4.01. The molecule has 0 heterocycles. The van der Waals surface area contributed by atoms with Crippen LogP contribution in [-0.2, 0) is 4.79 Å². The summed E-state index contributed by atoms with van der Waals surface area (Å²) in [6.45, 7) is 0. The van der Waals surface area contributed by atoms with Gasteiger partial charge in [-0.15, -0.1) is 0 Å². The monoisotopic (exact) mass is 310 g/mol. The van der Waals surface area contributed by atoms with Gasteiger partial charge in [0.25, 0.3) is 0 Å². The van der Waals surface area contributed by atoms with Gasteiger partial charge in [0.15, 0.2) is 0 Å². The van der Waals surface area contributed by atoms with Crippen LogP contribution in [0.3, 0.4) is 0 Å². The molecule has 1 amide bonds. The zero-order valence-electron chi connectivity index (χ0n) is 13.1. The quantitative estimate of drug-likeness (QED) is 0.890. The summed E-state index contributed by atoms with van der Waals surface area (Å²) >= 11 is 0. The van der Waals surface area contributed by atoms with Crippen molar-refractivity contribution in [2.24, 2.45) is 0 Å². The molecule has 0 radical (unpaired) electrons. The van der Waals surface area contributed by atoms with Crippen molar-refractivity contribution >= 4 is 5.91 Å². The minimum atomic E-state index is -0.405. The van der Waals surface area contributed by atoms with Crippen LogP contribution in [0.1, 0.15) is 23.6 Å². The highest BCUT2D eigenvalue weighted by atomic mass is 16.5. The standard InChI is InChI=1S/C18H18N2O3/c1-22-14-9-7-13(8-10-14)18(20-17(21)11-12-19)15-5-3-4-6-16(15)23-2/h3-10,18H,11H2,1-2H3,(H,20,21)/t18-/m1/s1. The van der Waals surface area contributed by atoms with E-state index in [-0.39, 0.29) is 12.3 Å². The summed E-state index contributed by atoms with van der Waals surface area (Å²) in [5.41, 5.74) is 1.70. The number of hydrogen-bond acceptors (Lipinski definition) is 4. The molecule has 118 valence electrons. The molecule has 0 saturated heterocycles. The lowest BCUT2D eigenvalue weighted by Crippen LogP contribution is -2.29. The minimum Gasteiger partial charge on any atom is -0.497 e. The van der Waals surface area contributed by atoms with Crippen LogP contribution in [-0.4, -0.2) is 20.1 Å². The van der Waals surface area contributed by atoms with Gasteiger partial charge in [0.2, 0.25) is 5.91 Å². The second kappa shape index (κ2) is 7.85. The molecule has 1 atom stereocenters. The van der Waals surface area contributed by atoms with Crippen molar-refractivity contribution in [2.75, 3.05) is 14.2 Å². The molecule has 0 fully saturated rings. The maximum atomic E-state index is 11.9. The van der Waals surface area contributed by atoms with E-state index in [1.807, 2.05) is 54.6 Å². The molecule has 0 unspecified atom stereocenters. The van der Waals surface area contributed by atoms with E-state index in [2.05, 4.69) is 5.32 Å². The Morgan fingerprint density at radius 3 is 2.43 bits per heavy atom. The number of benzene rings is 2. The SMILES string of the molecule is COc1ccc([C@@H](NC(=O)CC#N)c2ccccc2OC)cc1. The molecule has 0 aliphatic heterocycles. The predicted molar refractivity (Wildman–Crippen MR) is 86.2 cm³/mol. The van der Waals surface area contributed by atoms with E-state index < -0.39 is 6.04 Å². The van der Waals surface area contributed by atoms with E-state index in [0.29, 0.717) is 5.75 Å². The van der Waals surface area contributed by atoms with Gasteiger partial charge in [-0.05, 0) is 23.8 Å². The predicted octanol–water partition coefficient (Wildman–Crippen LogP) is 2.82. The summed E-state index contributed by atoms with van der Waals surface area (Å²) in [6, 6.07) is 16.3. The number of ether oxygens (including phenoxy) is 2. The number of carbonyl (C=O) groups excluding carboxylic acids is 1. The zero-order valence-corrected chi connectivity index (χ0v) is 13.1. The number of carbonyl (C=O) groups is 1. The Morgan fingerprint density at radius 1 is 1.13 bits per heavy atom. The van der Waals surface area contributed by atoms with Crippen LogP contribution in [0.2, 0.25) is 0 Å². The van der Waals surface area contributed by atoms with Crippen LogP contribution in [0, 0.1) is 11.3 Å². The maximum Gasteiger partial charge on any atom is 0.234 e. The molecule has 5 heteroatoms. The fourth-order valence-electron chi connectivity index (χ4n) is 2.33. The Kier molecular flexibility index (Phi) is 5.59. The molecule has 2 rings (SSSR count). The average molecular weight is 310 g/mol. The van der Waals surface area contributed by atoms with Crippen LogP contribution < -0.4 is 14.8 Å². The summed E-state index contributed by atoms with van der Waals surface area (Å²) in [7, 11) is 3.18. The molecule has 0 saturated carbocycles. The lowest BCUT2D eigenvalue weighted by molar-refractivity contribution is -0.120. The molecule has 0 aliphatic rings. The molecule has 0 bridgehead atoms. The van der Waals surface area contributed by atoms with Gasteiger partial charge in [0.05, 0.1) is 26.3 Å². The number of para-hydroxylation sites is 1. The van der Waals surface area contributed by atoms with E-state index in [9.17, 15) is 4.79 Å². The van der Waals surface area contributed by atoms with Gasteiger partial charge in [-0.3, -0.25) is 4.79 Å². The lowest BCUT2D eigenvalue weighted by atomic mass is 9.97. The number of nitrogens with one attached hydrogen (secondary N) is 1. The molecular weight excluding hydrogens is 292 g/mol. The molecule has 2 aromatic rings. The highest BCUT2D eigenvalue weighted by Crippen LogP contribution is 2.30. The van der Waals surface area contributed by atoms with Crippen molar-refractivity contribution in [3.63, 3.8) is 0 Å². The smallest absolute Gasteiger partial charge is 0.234 e. The number of nitriles is 1. The van der Waals surface area contributed by atoms with Crippen molar-refractivity contribution in [3.05, 3.63) is 59.7 Å². The molecule has 2 aromatic carbocycles. The van der Waals surface area contributed by atoms with Crippen LogP contribution in [0.25, 0.3) is 0 Å². The normalized spacial score (nSPS) is 11.2. The van der Waals surface area contributed by atoms with E-state index in [0.717, 1.165) is 16.9 Å². The number of hydrogen-bond donors (Lipinski definition) is 1. The Morgan fingerprint density at radius 2 is 1.83 bits per heavy atom. The molecule has 5 nitrogen and oxygen atoms in total. The first-order valence-electron chi connectivity index (χ1n) is 7.12. The number of methoxy groups -OCH3 is 2. The van der Waals surface area contributed by atoms with Gasteiger partial charge in [0.1, 0.15) is 17.9 Å². The van der Waals surface area contributed by atoms with Crippen LogP contribution >= 0.6 is 0 Å². The maximum absolute atomic E-state index is 11.9. The van der Waals surface area contributed by atoms with Gasteiger partial charge in [-0.1, -0.05) is 30.3 Å². The molecule has 0 aromatic heterocycles. The van der Waals surface area contributed by atoms with E-state index in [1.165, 1.54) is 0 Å². The average Bonchev–Trinajstić information content (AvgIpc) is 2.60. The third-order valence-corrected chi connectivity index (χ3v) is 3.44. The van der Waals surface area contributed by atoms with Gasteiger partial charge in [-0.25, -0.2) is 0 Å². The van der Waals surface area contributed by atoms with E-state index in [1.54, 1.807) is 14.2 Å². The first-order valence-corrected chi connectivity index (χ1v) is 7.12. The summed E-state index contributed by atoms with van der Waals surface area (Å²) in [5.74, 6) is 1.07. The Labute approximate surface area is 135 Å². The molecule has 0 spiro atoms. The highest BCUT2D eigenvalue weighted by Gasteiger charge is 2.20. The van der Waals surface area contributed by atoms with Gasteiger partial charge < -0.3 is 14.8 Å². The van der Waals surface area contributed by atoms with Gasteiger partial charge in [-0.2, -0.15) is 5.26 Å². The Hall–Kier alpha value is -3.00. The second-order valence-corrected chi connectivity index (χ2v) is 4.85. The van der Waals surface area contributed by atoms with Crippen LogP contribution in [0.5, 0.6) is 11.5 Å². The first kappa shape index (κ1) is 16.4. The first-order chi connectivity index (χ1) is 11.2. The summed E-state index contributed by atoms with van der Waals surface area (Å²) in [4.78, 5) is 11.9. The molecular formula is C18H18N2O3. The van der Waals surface area contributed by atoms with Crippen LogP contribution in [0.4, 0.5) is 0 Å². The third-order valence-electron chi connectivity index (χ3n) is 3.44. The topological polar surface area (TPSA) is 71.3 Å². The van der Waals surface area contributed by atoms with Crippen molar-refractivity contribution in [3.8, 4) is 17.6 Å². The van der Waals surface area contributed by atoms with E-state index in [4.69, 9.17) is 14.7 Å². The number of nitrogens with zero attached hydrogens (tertiary/aromatic N) is 1. The van der Waals surface area contributed by atoms with Crippen molar-refractivity contribution < 1.29 is 14.3 Å². The fraction of sp³-hybridized carbons (Fsp3) is 0.222. The van der Waals surface area contributed by atoms with Crippen molar-refractivity contribution in [2.45, 2.75) is 12.5 Å². The summed E-state index contributed by atoms with van der Waals surface area (Å²) < 4.78 is 10.6. The summed E-state index contributed by atoms with van der Waals surface area (Å²) in [5, 5.41) is 11.6. The van der Waals surface area contributed by atoms with Crippen molar-refractivity contribution in [1.29, 1.82) is 5.26 Å².